The predicted molar refractivity (Wildman–Crippen MR) is 129 cm³/mol. The molecule has 1 aliphatic carbocycles. The van der Waals surface area contributed by atoms with Gasteiger partial charge in [0.1, 0.15) is 21.8 Å². The summed E-state index contributed by atoms with van der Waals surface area (Å²) in [4.78, 5) is 14.1. The highest BCUT2D eigenvalue weighted by molar-refractivity contribution is 7.17. The van der Waals surface area contributed by atoms with Crippen LogP contribution in [0, 0.1) is 11.3 Å². The van der Waals surface area contributed by atoms with E-state index in [1.807, 2.05) is 51.0 Å². The number of hydrogen-bond donors (Lipinski definition) is 1. The number of likely N-dealkylation sites (N-methyl/N-ethyl adjacent to an activating group) is 1. The zero-order valence-corrected chi connectivity index (χ0v) is 20.1. The SMILES string of the molecule is CC(C)Oc1ccc(-c2nnc(-c3cccc4c3CCC4NC(=O)CN(C)C)s2)cc1C#N. The van der Waals surface area contributed by atoms with Gasteiger partial charge in [0.25, 0.3) is 0 Å². The van der Waals surface area contributed by atoms with Crippen LogP contribution in [0.15, 0.2) is 36.4 Å². The summed E-state index contributed by atoms with van der Waals surface area (Å²) in [5.41, 5.74) is 4.75. The summed E-state index contributed by atoms with van der Waals surface area (Å²) in [5, 5.41) is 23.1. The van der Waals surface area contributed by atoms with Crippen molar-refractivity contribution in [3.8, 4) is 33.0 Å². The predicted octanol–water partition coefficient (Wildman–Crippen LogP) is 4.20. The lowest BCUT2D eigenvalue weighted by Gasteiger charge is -2.16. The van der Waals surface area contributed by atoms with E-state index < -0.39 is 0 Å². The number of benzene rings is 2. The molecule has 1 aliphatic rings. The monoisotopic (exact) mass is 461 g/mol. The quantitative estimate of drug-likeness (QED) is 0.567. The summed E-state index contributed by atoms with van der Waals surface area (Å²) in [6, 6.07) is 13.9. The van der Waals surface area contributed by atoms with E-state index in [1.54, 1.807) is 6.07 Å². The van der Waals surface area contributed by atoms with Gasteiger partial charge >= 0.3 is 0 Å². The third kappa shape index (κ3) is 5.05. The molecule has 3 aromatic rings. The van der Waals surface area contributed by atoms with Crippen LogP contribution in [0.2, 0.25) is 0 Å². The third-order valence-corrected chi connectivity index (χ3v) is 6.44. The van der Waals surface area contributed by atoms with Crippen molar-refractivity contribution in [3.05, 3.63) is 53.1 Å². The second-order valence-electron chi connectivity index (χ2n) is 8.67. The standard InChI is InChI=1S/C25H27N5O2S/c1-15(2)32-22-11-8-16(12-17(22)13-26)24-28-29-25(33-24)20-7-5-6-19-18(20)9-10-21(19)27-23(31)14-30(3)4/h5-8,11-12,15,21H,9-10,14H2,1-4H3,(H,27,31). The first kappa shape index (κ1) is 22.9. The Labute approximate surface area is 198 Å². The normalized spacial score (nSPS) is 14.9. The van der Waals surface area contributed by atoms with E-state index in [-0.39, 0.29) is 18.1 Å². The van der Waals surface area contributed by atoms with Crippen LogP contribution in [-0.4, -0.2) is 47.7 Å². The zero-order valence-electron chi connectivity index (χ0n) is 19.3. The molecule has 0 saturated heterocycles. The highest BCUT2D eigenvalue weighted by Crippen LogP contribution is 2.40. The van der Waals surface area contributed by atoms with Crippen LogP contribution in [-0.2, 0) is 11.2 Å². The molecule has 1 atom stereocenters. The minimum atomic E-state index is -0.00671. The first-order valence-corrected chi connectivity index (χ1v) is 11.8. The number of amides is 1. The van der Waals surface area contributed by atoms with E-state index in [4.69, 9.17) is 4.74 Å². The molecule has 2 aromatic carbocycles. The molecule has 0 fully saturated rings. The minimum absolute atomic E-state index is 0.00671. The fourth-order valence-electron chi connectivity index (χ4n) is 4.09. The van der Waals surface area contributed by atoms with E-state index in [9.17, 15) is 10.1 Å². The van der Waals surface area contributed by atoms with Crippen LogP contribution in [0.3, 0.4) is 0 Å². The first-order chi connectivity index (χ1) is 15.9. The van der Waals surface area contributed by atoms with Gasteiger partial charge in [-0.15, -0.1) is 10.2 Å². The molecule has 33 heavy (non-hydrogen) atoms. The van der Waals surface area contributed by atoms with Crippen LogP contribution in [0.5, 0.6) is 5.75 Å². The Bertz CT molecular complexity index is 1210. The first-order valence-electron chi connectivity index (χ1n) is 11.0. The lowest BCUT2D eigenvalue weighted by atomic mass is 10.0. The molecule has 170 valence electrons. The maximum absolute atomic E-state index is 12.3. The number of carbonyl (C=O) groups excluding carboxylic acids is 1. The summed E-state index contributed by atoms with van der Waals surface area (Å²) in [6.45, 7) is 4.24. The van der Waals surface area contributed by atoms with Gasteiger partial charge in [-0.25, -0.2) is 0 Å². The van der Waals surface area contributed by atoms with Crippen molar-refractivity contribution in [2.24, 2.45) is 0 Å². The number of hydrogen-bond acceptors (Lipinski definition) is 7. The van der Waals surface area contributed by atoms with Gasteiger partial charge in [0.15, 0.2) is 0 Å². The van der Waals surface area contributed by atoms with Gasteiger partial charge in [0.05, 0.1) is 24.3 Å². The van der Waals surface area contributed by atoms with Crippen molar-refractivity contribution in [3.63, 3.8) is 0 Å². The largest absolute Gasteiger partial charge is 0.490 e. The van der Waals surface area contributed by atoms with Crippen molar-refractivity contribution in [2.45, 2.75) is 38.8 Å². The molecular weight excluding hydrogens is 434 g/mol. The fourth-order valence-corrected chi connectivity index (χ4v) is 4.98. The summed E-state index contributed by atoms with van der Waals surface area (Å²) in [5.74, 6) is 0.601. The Kier molecular flexibility index (Phi) is 6.72. The molecule has 0 spiro atoms. The molecule has 0 bridgehead atoms. The Morgan fingerprint density at radius 3 is 2.79 bits per heavy atom. The van der Waals surface area contributed by atoms with Gasteiger partial charge in [-0.3, -0.25) is 4.79 Å². The molecule has 0 radical (unpaired) electrons. The molecule has 1 unspecified atom stereocenters. The second-order valence-corrected chi connectivity index (χ2v) is 9.65. The second kappa shape index (κ2) is 9.69. The molecule has 1 N–H and O–H groups in total. The van der Waals surface area contributed by atoms with Gasteiger partial charge in [0.2, 0.25) is 5.91 Å². The van der Waals surface area contributed by atoms with Crippen molar-refractivity contribution in [1.29, 1.82) is 5.26 Å². The van der Waals surface area contributed by atoms with E-state index >= 15 is 0 Å². The Morgan fingerprint density at radius 2 is 2.06 bits per heavy atom. The lowest BCUT2D eigenvalue weighted by molar-refractivity contribution is -0.122. The van der Waals surface area contributed by atoms with E-state index in [1.165, 1.54) is 16.9 Å². The molecule has 0 aliphatic heterocycles. The number of nitrogens with zero attached hydrogens (tertiary/aromatic N) is 4. The summed E-state index contributed by atoms with van der Waals surface area (Å²) in [7, 11) is 3.77. The number of fused-ring (bicyclic) bond motifs is 1. The van der Waals surface area contributed by atoms with Crippen molar-refractivity contribution < 1.29 is 9.53 Å². The minimum Gasteiger partial charge on any atom is -0.490 e. The number of aromatic nitrogens is 2. The van der Waals surface area contributed by atoms with Gasteiger partial charge in [-0.05, 0) is 70.1 Å². The van der Waals surface area contributed by atoms with Crippen molar-refractivity contribution >= 4 is 17.2 Å². The molecule has 1 aromatic heterocycles. The van der Waals surface area contributed by atoms with Crippen molar-refractivity contribution in [1.82, 2.24) is 20.4 Å². The maximum Gasteiger partial charge on any atom is 0.234 e. The summed E-state index contributed by atoms with van der Waals surface area (Å²) < 4.78 is 5.72. The number of nitriles is 1. The van der Waals surface area contributed by atoms with Gasteiger partial charge in [-0.2, -0.15) is 5.26 Å². The summed E-state index contributed by atoms with van der Waals surface area (Å²) in [6.07, 6.45) is 1.75. The Hall–Kier alpha value is -3.28. The topological polar surface area (TPSA) is 91.1 Å². The van der Waals surface area contributed by atoms with E-state index in [2.05, 4.69) is 33.7 Å². The molecule has 0 saturated carbocycles. The van der Waals surface area contributed by atoms with Gasteiger partial charge in [0, 0.05) is 11.1 Å². The molecule has 1 amide bonds. The van der Waals surface area contributed by atoms with Crippen LogP contribution < -0.4 is 10.1 Å². The molecule has 8 heteroatoms. The highest BCUT2D eigenvalue weighted by Gasteiger charge is 2.27. The van der Waals surface area contributed by atoms with Crippen LogP contribution in [0.25, 0.3) is 21.1 Å². The number of rotatable bonds is 7. The zero-order chi connectivity index (χ0) is 23.5. The van der Waals surface area contributed by atoms with Crippen molar-refractivity contribution in [2.75, 3.05) is 20.6 Å². The third-order valence-electron chi connectivity index (χ3n) is 5.43. The average molecular weight is 462 g/mol. The molecular formula is C25H27N5O2S. The van der Waals surface area contributed by atoms with E-state index in [0.717, 1.165) is 39.5 Å². The highest BCUT2D eigenvalue weighted by atomic mass is 32.1. The van der Waals surface area contributed by atoms with Gasteiger partial charge in [-0.1, -0.05) is 29.5 Å². The summed E-state index contributed by atoms with van der Waals surface area (Å²) >= 11 is 1.50. The molecule has 1 heterocycles. The fraction of sp³-hybridized carbons (Fsp3) is 0.360. The van der Waals surface area contributed by atoms with Crippen LogP contribution in [0.1, 0.15) is 43.0 Å². The number of ether oxygens (including phenoxy) is 1. The van der Waals surface area contributed by atoms with E-state index in [0.29, 0.717) is 17.9 Å². The lowest BCUT2D eigenvalue weighted by Crippen LogP contribution is -2.35. The molecule has 4 rings (SSSR count). The number of carbonyl (C=O) groups is 1. The average Bonchev–Trinajstić information content (AvgIpc) is 3.41. The molecule has 7 nitrogen and oxygen atoms in total. The smallest absolute Gasteiger partial charge is 0.234 e. The Balaban J connectivity index is 1.59. The van der Waals surface area contributed by atoms with Crippen LogP contribution >= 0.6 is 11.3 Å². The number of nitrogens with one attached hydrogen (secondary N) is 1. The van der Waals surface area contributed by atoms with Gasteiger partial charge < -0.3 is 15.0 Å². The maximum atomic E-state index is 12.3. The Morgan fingerprint density at radius 1 is 1.27 bits per heavy atom. The van der Waals surface area contributed by atoms with Crippen LogP contribution in [0.4, 0.5) is 0 Å².